The highest BCUT2D eigenvalue weighted by molar-refractivity contribution is 5.94. The highest BCUT2D eigenvalue weighted by atomic mass is 16.6. The molecule has 1 aromatic rings. The molecule has 0 radical (unpaired) electrons. The largest absolute Gasteiger partial charge is 0.478 e. The molecular weight excluding hydrogens is 274 g/mol. The number of rotatable bonds is 4. The highest BCUT2D eigenvalue weighted by Gasteiger charge is 2.24. The van der Waals surface area contributed by atoms with Gasteiger partial charge < -0.3 is 10.0 Å². The lowest BCUT2D eigenvalue weighted by Gasteiger charge is -2.23. The van der Waals surface area contributed by atoms with Crippen LogP contribution in [0.2, 0.25) is 0 Å². The Kier molecular flexibility index (Phi) is 4.72. The molecule has 0 bridgehead atoms. The Morgan fingerprint density at radius 2 is 2.29 bits per heavy atom. The molecule has 1 aliphatic heterocycles. The van der Waals surface area contributed by atoms with E-state index in [9.17, 15) is 20.0 Å². The van der Waals surface area contributed by atoms with E-state index in [-0.39, 0.29) is 11.3 Å². The Morgan fingerprint density at radius 1 is 1.52 bits per heavy atom. The summed E-state index contributed by atoms with van der Waals surface area (Å²) < 4.78 is 0. The molecule has 2 rings (SSSR count). The smallest absolute Gasteiger partial charge is 0.339 e. The fraction of sp³-hybridized carbons (Fsp3) is 0.571. The molecule has 7 heteroatoms. The van der Waals surface area contributed by atoms with Crippen LogP contribution in [0.25, 0.3) is 0 Å². The number of hydrogen-bond acceptors (Lipinski definition) is 5. The molecule has 1 saturated heterocycles. The van der Waals surface area contributed by atoms with Gasteiger partial charge >= 0.3 is 5.97 Å². The van der Waals surface area contributed by atoms with Crippen molar-refractivity contribution in [2.75, 3.05) is 18.0 Å². The maximum atomic E-state index is 11.4. The van der Waals surface area contributed by atoms with E-state index in [1.54, 1.807) is 0 Å². The Bertz CT molecular complexity index is 547. The second-order valence-electron chi connectivity index (χ2n) is 5.32. The predicted octanol–water partition coefficient (Wildman–Crippen LogP) is 2.70. The fourth-order valence-electron chi connectivity index (χ4n) is 2.74. The summed E-state index contributed by atoms with van der Waals surface area (Å²) in [6.07, 6.45) is 5.35. The van der Waals surface area contributed by atoms with E-state index in [2.05, 4.69) is 11.9 Å². The fourth-order valence-corrected chi connectivity index (χ4v) is 2.74. The molecule has 1 unspecified atom stereocenters. The lowest BCUT2D eigenvalue weighted by molar-refractivity contribution is -0.385. The van der Waals surface area contributed by atoms with Crippen molar-refractivity contribution in [2.45, 2.75) is 32.6 Å². The van der Waals surface area contributed by atoms with Gasteiger partial charge in [0.2, 0.25) is 0 Å². The normalized spacial score (nSPS) is 19.1. The molecular formula is C14H19N3O4. The molecule has 0 aromatic carbocycles. The summed E-state index contributed by atoms with van der Waals surface area (Å²) >= 11 is 0. The summed E-state index contributed by atoms with van der Waals surface area (Å²) in [5, 5.41) is 20.0. The summed E-state index contributed by atoms with van der Waals surface area (Å²) in [6.45, 7) is 3.64. The van der Waals surface area contributed by atoms with Crippen LogP contribution in [0, 0.1) is 16.0 Å². The zero-order valence-electron chi connectivity index (χ0n) is 12.0. The third kappa shape index (κ3) is 3.48. The van der Waals surface area contributed by atoms with Crippen LogP contribution in [0.1, 0.15) is 43.0 Å². The monoisotopic (exact) mass is 293 g/mol. The van der Waals surface area contributed by atoms with E-state index in [1.807, 2.05) is 4.90 Å². The lowest BCUT2D eigenvalue weighted by atomic mass is 9.98. The van der Waals surface area contributed by atoms with Crippen molar-refractivity contribution in [3.05, 3.63) is 27.9 Å². The molecule has 0 aliphatic carbocycles. The standard InChI is InChI=1S/C14H19N3O4/c1-2-10-4-3-6-16(7-5-10)13-12(14(18)19)8-11(9-15-13)17(20)21/h8-10H,2-7H2,1H3,(H,18,19). The zero-order chi connectivity index (χ0) is 15.4. The van der Waals surface area contributed by atoms with Gasteiger partial charge in [0.05, 0.1) is 4.92 Å². The molecule has 0 saturated carbocycles. The second kappa shape index (κ2) is 6.51. The van der Waals surface area contributed by atoms with Gasteiger partial charge in [-0.25, -0.2) is 9.78 Å². The third-order valence-electron chi connectivity index (χ3n) is 4.02. The maximum absolute atomic E-state index is 11.4. The maximum Gasteiger partial charge on any atom is 0.339 e. The van der Waals surface area contributed by atoms with Gasteiger partial charge in [0.25, 0.3) is 5.69 Å². The van der Waals surface area contributed by atoms with Crippen molar-refractivity contribution in [1.82, 2.24) is 4.98 Å². The van der Waals surface area contributed by atoms with Gasteiger partial charge in [0.15, 0.2) is 0 Å². The molecule has 0 spiro atoms. The number of nitrogens with zero attached hydrogens (tertiary/aromatic N) is 3. The minimum atomic E-state index is -1.18. The van der Waals surface area contributed by atoms with E-state index in [1.165, 1.54) is 0 Å². The van der Waals surface area contributed by atoms with Crippen molar-refractivity contribution in [2.24, 2.45) is 5.92 Å². The van der Waals surface area contributed by atoms with Crippen LogP contribution < -0.4 is 4.90 Å². The van der Waals surface area contributed by atoms with Crippen LogP contribution in [0.4, 0.5) is 11.5 Å². The van der Waals surface area contributed by atoms with Gasteiger partial charge in [0, 0.05) is 19.2 Å². The Morgan fingerprint density at radius 3 is 2.90 bits per heavy atom. The first-order valence-electron chi connectivity index (χ1n) is 7.15. The molecule has 1 aromatic heterocycles. The van der Waals surface area contributed by atoms with Crippen LogP contribution in [0.5, 0.6) is 0 Å². The lowest BCUT2D eigenvalue weighted by Crippen LogP contribution is -2.27. The van der Waals surface area contributed by atoms with Crippen LogP contribution in [-0.2, 0) is 0 Å². The number of hydrogen-bond donors (Lipinski definition) is 1. The third-order valence-corrected chi connectivity index (χ3v) is 4.02. The second-order valence-corrected chi connectivity index (χ2v) is 5.32. The van der Waals surface area contributed by atoms with Gasteiger partial charge in [-0.15, -0.1) is 0 Å². The van der Waals surface area contributed by atoms with Gasteiger partial charge in [0.1, 0.15) is 17.6 Å². The van der Waals surface area contributed by atoms with E-state index in [0.717, 1.165) is 51.0 Å². The Labute approximate surface area is 122 Å². The predicted molar refractivity (Wildman–Crippen MR) is 77.7 cm³/mol. The van der Waals surface area contributed by atoms with Crippen molar-refractivity contribution in [3.63, 3.8) is 0 Å². The summed E-state index contributed by atoms with van der Waals surface area (Å²) in [7, 11) is 0. The molecule has 7 nitrogen and oxygen atoms in total. The van der Waals surface area contributed by atoms with Crippen LogP contribution in [0.15, 0.2) is 12.3 Å². The molecule has 1 N–H and O–H groups in total. The van der Waals surface area contributed by atoms with Crippen molar-refractivity contribution in [3.8, 4) is 0 Å². The van der Waals surface area contributed by atoms with E-state index < -0.39 is 10.9 Å². The van der Waals surface area contributed by atoms with Gasteiger partial charge in [-0.3, -0.25) is 10.1 Å². The first-order valence-corrected chi connectivity index (χ1v) is 7.15. The van der Waals surface area contributed by atoms with Gasteiger partial charge in [-0.1, -0.05) is 13.3 Å². The molecule has 0 amide bonds. The zero-order valence-corrected chi connectivity index (χ0v) is 12.0. The van der Waals surface area contributed by atoms with Gasteiger partial charge in [-0.2, -0.15) is 0 Å². The Hall–Kier alpha value is -2.18. The van der Waals surface area contributed by atoms with E-state index in [4.69, 9.17) is 0 Å². The average Bonchev–Trinajstić information content (AvgIpc) is 2.71. The molecule has 1 aliphatic rings. The molecule has 2 heterocycles. The molecule has 1 atom stereocenters. The summed E-state index contributed by atoms with van der Waals surface area (Å²) in [5.74, 6) is -0.191. The number of aromatic carboxylic acids is 1. The highest BCUT2D eigenvalue weighted by Crippen LogP contribution is 2.27. The van der Waals surface area contributed by atoms with Crippen LogP contribution in [-0.4, -0.2) is 34.1 Å². The summed E-state index contributed by atoms with van der Waals surface area (Å²) in [6, 6.07) is 1.09. The SMILES string of the molecule is CCC1CCCN(c2ncc([N+](=O)[O-])cc2C(=O)O)CC1. The first kappa shape index (κ1) is 15.2. The topological polar surface area (TPSA) is 96.6 Å². The van der Waals surface area contributed by atoms with E-state index >= 15 is 0 Å². The summed E-state index contributed by atoms with van der Waals surface area (Å²) in [5.41, 5.74) is -0.392. The number of nitro groups is 1. The molecule has 21 heavy (non-hydrogen) atoms. The number of carboxylic acids is 1. The first-order chi connectivity index (χ1) is 10.0. The number of carbonyl (C=O) groups is 1. The minimum absolute atomic E-state index is 0.0980. The van der Waals surface area contributed by atoms with Crippen molar-refractivity contribution < 1.29 is 14.8 Å². The van der Waals surface area contributed by atoms with E-state index in [0.29, 0.717) is 11.7 Å². The number of aromatic nitrogens is 1. The number of carboxylic acid groups (broad SMARTS) is 1. The van der Waals surface area contributed by atoms with Gasteiger partial charge in [-0.05, 0) is 25.2 Å². The molecule has 1 fully saturated rings. The minimum Gasteiger partial charge on any atom is -0.478 e. The Balaban J connectivity index is 2.30. The number of pyridine rings is 1. The number of anilines is 1. The summed E-state index contributed by atoms with van der Waals surface area (Å²) in [4.78, 5) is 27.5. The quantitative estimate of drug-likeness (QED) is 0.677. The molecule has 114 valence electrons. The van der Waals surface area contributed by atoms with Crippen LogP contribution >= 0.6 is 0 Å². The van der Waals surface area contributed by atoms with Crippen molar-refractivity contribution >= 4 is 17.5 Å². The average molecular weight is 293 g/mol. The van der Waals surface area contributed by atoms with Crippen LogP contribution in [0.3, 0.4) is 0 Å². The van der Waals surface area contributed by atoms with Crippen molar-refractivity contribution in [1.29, 1.82) is 0 Å².